The van der Waals surface area contributed by atoms with Crippen molar-refractivity contribution in [2.45, 2.75) is 56.3 Å². The number of imidazole rings is 1. The average molecular weight is 440 g/mol. The highest BCUT2D eigenvalue weighted by Crippen LogP contribution is 2.45. The van der Waals surface area contributed by atoms with Crippen molar-refractivity contribution in [3.05, 3.63) is 12.7 Å². The van der Waals surface area contributed by atoms with Gasteiger partial charge in [-0.3, -0.25) is 8.75 Å². The minimum atomic E-state index is -4.20. The third kappa shape index (κ3) is 3.55. The number of anilines is 1. The maximum absolute atomic E-state index is 11.0. The van der Waals surface area contributed by atoms with Crippen LogP contribution < -0.4 is 10.5 Å². The van der Waals surface area contributed by atoms with E-state index >= 15 is 0 Å². The molecule has 7 atom stereocenters. The SMILES string of the molecule is NS(=O)(=O)OC[C@H]1O[C@@H](n2cnc3c(N[C@@H]4CC5CC[C@H]4C5)ncnc32)[C@H](O)[C@@H]1O. The minimum Gasteiger partial charge on any atom is -0.387 e. The molecule has 3 aliphatic rings. The Morgan fingerprint density at radius 1 is 1.23 bits per heavy atom. The van der Waals surface area contributed by atoms with Crippen LogP contribution in [0.4, 0.5) is 5.82 Å². The molecule has 5 N–H and O–H groups in total. The number of fused-ring (bicyclic) bond motifs is 3. The Hall–Kier alpha value is -1.90. The first kappa shape index (κ1) is 20.0. The van der Waals surface area contributed by atoms with Gasteiger partial charge in [-0.25, -0.2) is 20.1 Å². The molecule has 0 amide bonds. The van der Waals surface area contributed by atoms with Crippen molar-refractivity contribution in [2.75, 3.05) is 11.9 Å². The smallest absolute Gasteiger partial charge is 0.333 e. The van der Waals surface area contributed by atoms with Crippen LogP contribution in [0.1, 0.15) is 31.9 Å². The first-order valence-electron chi connectivity index (χ1n) is 9.93. The average Bonchev–Trinajstić information content (AvgIpc) is 3.46. The largest absolute Gasteiger partial charge is 0.387 e. The fourth-order valence-electron chi connectivity index (χ4n) is 5.00. The van der Waals surface area contributed by atoms with Crippen molar-refractivity contribution in [1.82, 2.24) is 19.5 Å². The zero-order valence-electron chi connectivity index (χ0n) is 16.0. The summed E-state index contributed by atoms with van der Waals surface area (Å²) in [4.78, 5) is 13.0. The summed E-state index contributed by atoms with van der Waals surface area (Å²) in [6.07, 6.45) is 2.94. The van der Waals surface area contributed by atoms with E-state index in [0.29, 0.717) is 28.9 Å². The molecule has 13 heteroatoms. The summed E-state index contributed by atoms with van der Waals surface area (Å²) in [7, 11) is -4.20. The fraction of sp³-hybridized carbons (Fsp3) is 0.706. The Balaban J connectivity index is 1.37. The van der Waals surface area contributed by atoms with Crippen LogP contribution in [0, 0.1) is 11.8 Å². The van der Waals surface area contributed by atoms with Gasteiger partial charge in [0.05, 0.1) is 12.9 Å². The predicted molar refractivity (Wildman–Crippen MR) is 103 cm³/mol. The van der Waals surface area contributed by atoms with Crippen LogP contribution in [-0.4, -0.2) is 69.1 Å². The molecule has 164 valence electrons. The molecule has 12 nitrogen and oxygen atoms in total. The number of nitrogens with one attached hydrogen (secondary N) is 1. The number of ether oxygens (including phenoxy) is 1. The number of hydrogen-bond donors (Lipinski definition) is 4. The molecule has 3 fully saturated rings. The van der Waals surface area contributed by atoms with Crippen LogP contribution in [0.25, 0.3) is 11.2 Å². The molecular weight excluding hydrogens is 416 g/mol. The van der Waals surface area contributed by atoms with Crippen molar-refractivity contribution in [1.29, 1.82) is 0 Å². The zero-order chi connectivity index (χ0) is 21.0. The van der Waals surface area contributed by atoms with Gasteiger partial charge in [0.1, 0.15) is 24.6 Å². The van der Waals surface area contributed by atoms with E-state index in [-0.39, 0.29) is 0 Å². The Kier molecular flexibility index (Phi) is 4.91. The Morgan fingerprint density at radius 2 is 2.07 bits per heavy atom. The fourth-order valence-corrected chi connectivity index (χ4v) is 5.32. The van der Waals surface area contributed by atoms with E-state index in [0.717, 1.165) is 12.3 Å². The van der Waals surface area contributed by atoms with Gasteiger partial charge in [-0.1, -0.05) is 6.42 Å². The summed E-state index contributed by atoms with van der Waals surface area (Å²) in [6.45, 7) is -0.522. The van der Waals surface area contributed by atoms with E-state index in [1.165, 1.54) is 36.5 Å². The summed E-state index contributed by atoms with van der Waals surface area (Å²) in [5.41, 5.74) is 0.967. The number of aromatic nitrogens is 4. The van der Waals surface area contributed by atoms with Crippen LogP contribution in [0.5, 0.6) is 0 Å². The molecule has 1 unspecified atom stereocenters. The summed E-state index contributed by atoms with van der Waals surface area (Å²) < 4.78 is 33.6. The van der Waals surface area contributed by atoms with Crippen LogP contribution in [0.3, 0.4) is 0 Å². The standard InChI is InChI=1S/C17H24N6O6S/c18-30(26,27)28-5-11-13(24)14(25)17(29-11)23-7-21-12-15(19-6-20-16(12)23)22-10-4-8-1-2-9(10)3-8/h6-11,13-14,17,24-25H,1-5H2,(H2,18,26,27)(H,19,20,22)/t8?,9-,10+,11+,13+,14+,17+/m0/s1. The van der Waals surface area contributed by atoms with Gasteiger partial charge in [0.15, 0.2) is 23.2 Å². The van der Waals surface area contributed by atoms with Gasteiger partial charge in [0.2, 0.25) is 0 Å². The molecule has 2 saturated carbocycles. The molecule has 2 aromatic rings. The number of nitrogens with zero attached hydrogens (tertiary/aromatic N) is 4. The monoisotopic (exact) mass is 440 g/mol. The lowest BCUT2D eigenvalue weighted by molar-refractivity contribution is -0.0467. The Labute approximate surface area is 172 Å². The molecule has 2 aromatic heterocycles. The summed E-state index contributed by atoms with van der Waals surface area (Å²) in [6, 6.07) is 0.363. The molecule has 3 heterocycles. The van der Waals surface area contributed by atoms with Crippen molar-refractivity contribution < 1.29 is 27.6 Å². The Bertz CT molecular complexity index is 1050. The second kappa shape index (κ2) is 7.35. The maximum Gasteiger partial charge on any atom is 0.333 e. The van der Waals surface area contributed by atoms with Crippen molar-refractivity contribution in [2.24, 2.45) is 17.0 Å². The number of hydrogen-bond acceptors (Lipinski definition) is 10. The van der Waals surface area contributed by atoms with Crippen molar-refractivity contribution in [3.63, 3.8) is 0 Å². The van der Waals surface area contributed by atoms with E-state index < -0.39 is 41.5 Å². The van der Waals surface area contributed by atoms with Crippen molar-refractivity contribution >= 4 is 27.3 Å². The van der Waals surface area contributed by atoms with E-state index in [2.05, 4.69) is 24.5 Å². The highest BCUT2D eigenvalue weighted by atomic mass is 32.2. The summed E-state index contributed by atoms with van der Waals surface area (Å²) in [5, 5.41) is 29.0. The van der Waals surface area contributed by atoms with Gasteiger partial charge in [0, 0.05) is 6.04 Å². The molecule has 2 bridgehead atoms. The van der Waals surface area contributed by atoms with Crippen LogP contribution in [0.15, 0.2) is 12.7 Å². The molecule has 1 aliphatic heterocycles. The van der Waals surface area contributed by atoms with E-state index in [9.17, 15) is 18.6 Å². The Morgan fingerprint density at radius 3 is 2.77 bits per heavy atom. The first-order valence-corrected chi connectivity index (χ1v) is 11.4. The highest BCUT2D eigenvalue weighted by molar-refractivity contribution is 7.84. The molecule has 1 saturated heterocycles. The van der Waals surface area contributed by atoms with Gasteiger partial charge in [-0.05, 0) is 31.1 Å². The summed E-state index contributed by atoms with van der Waals surface area (Å²) >= 11 is 0. The highest BCUT2D eigenvalue weighted by Gasteiger charge is 2.45. The van der Waals surface area contributed by atoms with Crippen molar-refractivity contribution in [3.8, 4) is 0 Å². The van der Waals surface area contributed by atoms with Gasteiger partial charge < -0.3 is 20.3 Å². The number of aliphatic hydroxyl groups is 2. The predicted octanol–water partition coefficient (Wildman–Crippen LogP) is -0.734. The normalized spacial score (nSPS) is 36.0. The molecule has 0 spiro atoms. The summed E-state index contributed by atoms with van der Waals surface area (Å²) in [5.74, 6) is 2.05. The van der Waals surface area contributed by atoms with Crippen LogP contribution >= 0.6 is 0 Å². The first-order chi connectivity index (χ1) is 14.3. The quantitative estimate of drug-likeness (QED) is 0.448. The van der Waals surface area contributed by atoms with Crippen LogP contribution in [0.2, 0.25) is 0 Å². The topological polar surface area (TPSA) is 175 Å². The van der Waals surface area contributed by atoms with Gasteiger partial charge in [-0.15, -0.1) is 0 Å². The lowest BCUT2D eigenvalue weighted by Gasteiger charge is -2.23. The maximum atomic E-state index is 11.0. The zero-order valence-corrected chi connectivity index (χ0v) is 16.9. The molecule has 5 rings (SSSR count). The number of aliphatic hydroxyl groups excluding tert-OH is 2. The minimum absolute atomic E-state index is 0.363. The number of nitrogens with two attached hydrogens (primary N) is 1. The second-order valence-electron chi connectivity index (χ2n) is 8.30. The van der Waals surface area contributed by atoms with Gasteiger partial charge >= 0.3 is 10.3 Å². The van der Waals surface area contributed by atoms with Gasteiger partial charge in [0.25, 0.3) is 0 Å². The molecule has 0 radical (unpaired) electrons. The van der Waals surface area contributed by atoms with Crippen LogP contribution in [-0.2, 0) is 19.2 Å². The number of rotatable bonds is 6. The third-order valence-corrected chi connectivity index (χ3v) is 6.89. The van der Waals surface area contributed by atoms with E-state index in [1.807, 2.05) is 0 Å². The molecule has 2 aliphatic carbocycles. The molecule has 30 heavy (non-hydrogen) atoms. The third-order valence-electron chi connectivity index (χ3n) is 6.43. The van der Waals surface area contributed by atoms with E-state index in [4.69, 9.17) is 9.88 Å². The second-order valence-corrected chi connectivity index (χ2v) is 9.52. The lowest BCUT2D eigenvalue weighted by atomic mass is 9.95. The molecule has 0 aromatic carbocycles. The molecular formula is C17H24N6O6S. The van der Waals surface area contributed by atoms with Gasteiger partial charge in [-0.2, -0.15) is 8.42 Å². The lowest BCUT2D eigenvalue weighted by Crippen LogP contribution is -2.35. The van der Waals surface area contributed by atoms with E-state index in [1.54, 1.807) is 0 Å².